The Morgan fingerprint density at radius 1 is 1.32 bits per heavy atom. The Balaban J connectivity index is 1.83. The van der Waals surface area contributed by atoms with E-state index in [1.165, 1.54) is 4.90 Å². The van der Waals surface area contributed by atoms with Gasteiger partial charge in [0.1, 0.15) is 5.69 Å². The van der Waals surface area contributed by atoms with Gasteiger partial charge in [-0.05, 0) is 54.0 Å². The number of hydrogen-bond donors (Lipinski definition) is 2. The average Bonchev–Trinajstić information content (AvgIpc) is 2.80. The summed E-state index contributed by atoms with van der Waals surface area (Å²) in [4.78, 5) is 35.1. The summed E-state index contributed by atoms with van der Waals surface area (Å²) < 4.78 is 0. The van der Waals surface area contributed by atoms with E-state index in [2.05, 4.69) is 15.3 Å². The highest BCUT2D eigenvalue weighted by molar-refractivity contribution is 6.08. The van der Waals surface area contributed by atoms with Crippen LogP contribution in [0.1, 0.15) is 41.9 Å². The third-order valence-electron chi connectivity index (χ3n) is 5.09. The molecule has 2 amide bonds. The number of carbonyl (C=O) groups excluding carboxylic acids is 2. The lowest BCUT2D eigenvalue weighted by Crippen LogP contribution is -2.34. The summed E-state index contributed by atoms with van der Waals surface area (Å²) in [5.74, 6) is -0.165. The van der Waals surface area contributed by atoms with Crippen molar-refractivity contribution >= 4 is 17.5 Å². The molecule has 2 N–H and O–H groups in total. The third kappa shape index (κ3) is 5.25. The molecule has 0 unspecified atom stereocenters. The largest absolute Gasteiger partial charge is 0.512 e. The number of carbonyl (C=O) groups is 2. The molecule has 160 valence electrons. The topological polar surface area (TPSA) is 95.4 Å². The van der Waals surface area contributed by atoms with Gasteiger partial charge < -0.3 is 15.3 Å². The van der Waals surface area contributed by atoms with Gasteiger partial charge in [-0.2, -0.15) is 0 Å². The number of aliphatic hydroxyl groups is 1. The predicted octanol–water partition coefficient (Wildman–Crippen LogP) is 3.65. The maximum Gasteiger partial charge on any atom is 0.270 e. The van der Waals surface area contributed by atoms with Gasteiger partial charge in [-0.1, -0.05) is 13.0 Å². The molecule has 1 aliphatic rings. The van der Waals surface area contributed by atoms with E-state index in [-0.39, 0.29) is 17.6 Å². The molecule has 0 saturated carbocycles. The highest BCUT2D eigenvalue weighted by Crippen LogP contribution is 2.30. The van der Waals surface area contributed by atoms with E-state index in [0.29, 0.717) is 36.3 Å². The first kappa shape index (κ1) is 22.0. The highest BCUT2D eigenvalue weighted by Gasteiger charge is 2.27. The number of rotatable bonds is 6. The number of nitrogens with zero attached hydrogens (tertiary/aromatic N) is 3. The lowest BCUT2D eigenvalue weighted by atomic mass is 9.95. The van der Waals surface area contributed by atoms with Gasteiger partial charge in [-0.3, -0.25) is 14.6 Å². The number of pyridine rings is 2. The van der Waals surface area contributed by atoms with Gasteiger partial charge in [-0.25, -0.2) is 4.98 Å². The minimum absolute atomic E-state index is 0.132. The first-order valence-electron chi connectivity index (χ1n) is 10.1. The molecule has 0 aromatic carbocycles. The van der Waals surface area contributed by atoms with Gasteiger partial charge >= 0.3 is 0 Å². The van der Waals surface area contributed by atoms with Crippen LogP contribution >= 0.6 is 0 Å². The number of allylic oxidation sites excluding steroid dienone is 5. The maximum absolute atomic E-state index is 12.8. The van der Waals surface area contributed by atoms with Crippen LogP contribution in [0.15, 0.2) is 71.9 Å². The minimum atomic E-state index is -0.283. The maximum atomic E-state index is 12.8. The molecule has 7 heteroatoms. The number of aliphatic hydroxyl groups excluding tert-OH is 1. The van der Waals surface area contributed by atoms with Gasteiger partial charge in [0.05, 0.1) is 17.6 Å². The van der Waals surface area contributed by atoms with Crippen molar-refractivity contribution in [3.8, 4) is 0 Å². The quantitative estimate of drug-likeness (QED) is 0.424. The molecule has 0 bridgehead atoms. The molecule has 3 rings (SSSR count). The molecule has 2 aromatic rings. The van der Waals surface area contributed by atoms with Crippen molar-refractivity contribution in [1.82, 2.24) is 15.3 Å². The van der Waals surface area contributed by atoms with Crippen LogP contribution in [0.4, 0.5) is 5.69 Å². The van der Waals surface area contributed by atoms with E-state index in [1.54, 1.807) is 43.9 Å². The summed E-state index contributed by atoms with van der Waals surface area (Å²) in [6, 6.07) is 5.40. The first-order valence-corrected chi connectivity index (χ1v) is 10.1. The monoisotopic (exact) mass is 418 g/mol. The smallest absolute Gasteiger partial charge is 0.270 e. The fourth-order valence-electron chi connectivity index (χ4n) is 3.25. The lowest BCUT2D eigenvalue weighted by Gasteiger charge is -2.27. The van der Waals surface area contributed by atoms with Crippen LogP contribution in [-0.2, 0) is 17.8 Å². The molecule has 0 saturated heterocycles. The predicted molar refractivity (Wildman–Crippen MR) is 120 cm³/mol. The standard InChI is InChI=1S/C24H26N4O3/c1-4-16(11-20(29)5-2)10-19-12-18-13-21(26-15-22(18)28(3)24(19)31)23(30)27-14-17-6-8-25-9-7-17/h4,6-11,13,15,29H,5,12,14H2,1-3H3,(H,27,30)/b16-4-,19-10-,20-11+. The van der Waals surface area contributed by atoms with Gasteiger partial charge in [0, 0.05) is 44.4 Å². The van der Waals surface area contributed by atoms with Crippen LogP contribution in [0.5, 0.6) is 0 Å². The van der Waals surface area contributed by atoms with Crippen LogP contribution in [0.25, 0.3) is 0 Å². The second-order valence-electron chi connectivity index (χ2n) is 7.22. The Hall–Kier alpha value is -3.74. The summed E-state index contributed by atoms with van der Waals surface area (Å²) in [5.41, 5.74) is 4.10. The van der Waals surface area contributed by atoms with Gasteiger partial charge in [-0.15, -0.1) is 0 Å². The molecular weight excluding hydrogens is 392 g/mol. The number of anilines is 1. The van der Waals surface area contributed by atoms with Crippen molar-refractivity contribution < 1.29 is 14.7 Å². The van der Waals surface area contributed by atoms with Crippen molar-refractivity contribution in [3.63, 3.8) is 0 Å². The summed E-state index contributed by atoms with van der Waals surface area (Å²) in [6.07, 6.45) is 11.1. The van der Waals surface area contributed by atoms with Crippen LogP contribution in [0.3, 0.4) is 0 Å². The average molecular weight is 418 g/mol. The lowest BCUT2D eigenvalue weighted by molar-refractivity contribution is -0.115. The summed E-state index contributed by atoms with van der Waals surface area (Å²) >= 11 is 0. The van der Waals surface area contributed by atoms with Gasteiger partial charge in [0.2, 0.25) is 0 Å². The van der Waals surface area contributed by atoms with Crippen molar-refractivity contribution in [2.45, 2.75) is 33.2 Å². The van der Waals surface area contributed by atoms with Crippen LogP contribution in [0, 0.1) is 0 Å². The Morgan fingerprint density at radius 2 is 2.06 bits per heavy atom. The Kier molecular flexibility index (Phi) is 6.97. The van der Waals surface area contributed by atoms with Crippen LogP contribution < -0.4 is 10.2 Å². The van der Waals surface area contributed by atoms with E-state index in [9.17, 15) is 14.7 Å². The summed E-state index contributed by atoms with van der Waals surface area (Å²) in [5, 5.41) is 12.7. The zero-order valence-electron chi connectivity index (χ0n) is 17.9. The molecule has 0 radical (unpaired) electrons. The molecule has 0 spiro atoms. The molecule has 2 aromatic heterocycles. The fraction of sp³-hybridized carbons (Fsp3) is 0.250. The molecule has 0 fully saturated rings. The Labute approximate surface area is 181 Å². The van der Waals surface area contributed by atoms with Crippen LogP contribution in [-0.4, -0.2) is 33.9 Å². The van der Waals surface area contributed by atoms with Crippen molar-refractivity contribution in [3.05, 3.63) is 88.7 Å². The summed E-state index contributed by atoms with van der Waals surface area (Å²) in [7, 11) is 1.69. The molecule has 31 heavy (non-hydrogen) atoms. The third-order valence-corrected chi connectivity index (χ3v) is 5.09. The zero-order chi connectivity index (χ0) is 22.4. The highest BCUT2D eigenvalue weighted by atomic mass is 16.3. The molecule has 0 atom stereocenters. The van der Waals surface area contributed by atoms with E-state index < -0.39 is 0 Å². The zero-order valence-corrected chi connectivity index (χ0v) is 17.9. The van der Waals surface area contributed by atoms with Crippen molar-refractivity contribution in [2.24, 2.45) is 0 Å². The van der Waals surface area contributed by atoms with E-state index in [4.69, 9.17) is 0 Å². The molecule has 0 aliphatic carbocycles. The number of hydrogen-bond acceptors (Lipinski definition) is 5. The second kappa shape index (κ2) is 9.84. The number of likely N-dealkylation sites (N-methyl/N-ethyl adjacent to an activating group) is 1. The van der Waals surface area contributed by atoms with Crippen LogP contribution in [0.2, 0.25) is 0 Å². The fourth-order valence-corrected chi connectivity index (χ4v) is 3.25. The number of nitrogens with one attached hydrogen (secondary N) is 1. The Bertz CT molecular complexity index is 1070. The number of aromatic nitrogens is 2. The molecular formula is C24H26N4O3. The normalized spacial score (nSPS) is 15.8. The number of amides is 2. The van der Waals surface area contributed by atoms with E-state index in [1.807, 2.05) is 32.1 Å². The van der Waals surface area contributed by atoms with Crippen molar-refractivity contribution in [2.75, 3.05) is 11.9 Å². The van der Waals surface area contributed by atoms with Crippen molar-refractivity contribution in [1.29, 1.82) is 0 Å². The SMILES string of the molecule is C/C=C(/C=C1/Cc2cc(C(=O)NCc3ccncc3)ncc2N(C)C1=O)\C=C(\O)CC. The van der Waals surface area contributed by atoms with Gasteiger partial charge in [0.15, 0.2) is 0 Å². The minimum Gasteiger partial charge on any atom is -0.512 e. The molecule has 1 aliphatic heterocycles. The summed E-state index contributed by atoms with van der Waals surface area (Å²) in [6.45, 7) is 4.09. The second-order valence-corrected chi connectivity index (χ2v) is 7.22. The van der Waals surface area contributed by atoms with Gasteiger partial charge in [0.25, 0.3) is 11.8 Å². The number of fused-ring (bicyclic) bond motifs is 1. The molecule has 7 nitrogen and oxygen atoms in total. The molecule has 3 heterocycles. The van der Waals surface area contributed by atoms with E-state index >= 15 is 0 Å². The Morgan fingerprint density at radius 3 is 2.74 bits per heavy atom. The first-order chi connectivity index (χ1) is 14.9. The van der Waals surface area contributed by atoms with E-state index in [0.717, 1.165) is 16.7 Å².